The molecule has 0 spiro atoms. The molecule has 2 aromatic rings. The quantitative estimate of drug-likeness (QED) is 0.844. The van der Waals surface area contributed by atoms with Crippen LogP contribution in [0.2, 0.25) is 0 Å². The first-order chi connectivity index (χ1) is 11.0. The molecule has 1 aromatic heterocycles. The van der Waals surface area contributed by atoms with Crippen molar-refractivity contribution < 1.29 is 18.8 Å². The van der Waals surface area contributed by atoms with Gasteiger partial charge in [0.25, 0.3) is 0 Å². The highest BCUT2D eigenvalue weighted by Crippen LogP contribution is 2.25. The zero-order valence-corrected chi connectivity index (χ0v) is 13.7. The molecular formula is C16H21N3O4. The second-order valence-electron chi connectivity index (χ2n) is 5.16. The van der Waals surface area contributed by atoms with Gasteiger partial charge < -0.3 is 19.3 Å². The van der Waals surface area contributed by atoms with E-state index in [4.69, 9.17) is 14.0 Å². The molecule has 1 N–H and O–H groups in total. The summed E-state index contributed by atoms with van der Waals surface area (Å²) in [7, 11) is 4.98. The summed E-state index contributed by atoms with van der Waals surface area (Å²) in [4.78, 5) is 14.1. The van der Waals surface area contributed by atoms with Crippen LogP contribution in [0.15, 0.2) is 35.1 Å². The second kappa shape index (κ2) is 7.64. The number of ether oxygens (including phenoxy) is 2. The van der Waals surface area contributed by atoms with Crippen LogP contribution in [0.5, 0.6) is 11.5 Å². The number of methoxy groups -OCH3 is 2. The van der Waals surface area contributed by atoms with Gasteiger partial charge in [-0.05, 0) is 14.0 Å². The van der Waals surface area contributed by atoms with Crippen LogP contribution in [-0.2, 0) is 4.79 Å². The lowest BCUT2D eigenvalue weighted by atomic mass is 10.2. The standard InChI is InChI=1S/C16H21N3O4/c1-11(15-5-6-23-18-15)19(2)10-16(20)17-12-7-13(21-3)9-14(8-12)22-4/h5-9,11H,10H2,1-4H3,(H,17,20)/t11-/m0/s1. The molecule has 7 heteroatoms. The first-order valence-corrected chi connectivity index (χ1v) is 7.17. The van der Waals surface area contributed by atoms with Crippen LogP contribution >= 0.6 is 0 Å². The predicted octanol–water partition coefficient (Wildman–Crippen LogP) is 2.32. The zero-order valence-electron chi connectivity index (χ0n) is 13.7. The number of benzene rings is 1. The lowest BCUT2D eigenvalue weighted by Gasteiger charge is -2.22. The summed E-state index contributed by atoms with van der Waals surface area (Å²) in [5.41, 5.74) is 1.40. The minimum absolute atomic E-state index is 0.0284. The van der Waals surface area contributed by atoms with Gasteiger partial charge in [-0.15, -0.1) is 0 Å². The fourth-order valence-corrected chi connectivity index (χ4v) is 2.11. The van der Waals surface area contributed by atoms with Gasteiger partial charge in [0.1, 0.15) is 23.5 Å². The molecule has 0 fully saturated rings. The molecule has 0 aliphatic heterocycles. The van der Waals surface area contributed by atoms with Gasteiger partial charge in [0.2, 0.25) is 5.91 Å². The smallest absolute Gasteiger partial charge is 0.238 e. The average molecular weight is 319 g/mol. The Morgan fingerprint density at radius 1 is 1.30 bits per heavy atom. The van der Waals surface area contributed by atoms with Crippen molar-refractivity contribution in [2.75, 3.05) is 33.1 Å². The number of likely N-dealkylation sites (N-methyl/N-ethyl adjacent to an activating group) is 1. The molecule has 1 atom stereocenters. The third kappa shape index (κ3) is 4.46. The number of amides is 1. The number of anilines is 1. The highest BCUT2D eigenvalue weighted by atomic mass is 16.5. The first kappa shape index (κ1) is 16.8. The van der Waals surface area contributed by atoms with E-state index >= 15 is 0 Å². The molecule has 0 radical (unpaired) electrons. The summed E-state index contributed by atoms with van der Waals surface area (Å²) in [5.74, 6) is 1.09. The third-order valence-electron chi connectivity index (χ3n) is 3.58. The van der Waals surface area contributed by atoms with Crippen LogP contribution in [0.3, 0.4) is 0 Å². The monoisotopic (exact) mass is 319 g/mol. The number of aromatic nitrogens is 1. The summed E-state index contributed by atoms with van der Waals surface area (Å²) >= 11 is 0. The van der Waals surface area contributed by atoms with Crippen molar-refractivity contribution in [2.45, 2.75) is 13.0 Å². The van der Waals surface area contributed by atoms with Gasteiger partial charge in [-0.3, -0.25) is 9.69 Å². The number of hydrogen-bond acceptors (Lipinski definition) is 6. The summed E-state index contributed by atoms with van der Waals surface area (Å²) < 4.78 is 15.2. The normalized spacial score (nSPS) is 12.0. The largest absolute Gasteiger partial charge is 0.497 e. The maximum Gasteiger partial charge on any atom is 0.238 e. The van der Waals surface area contributed by atoms with E-state index in [1.165, 1.54) is 6.26 Å². The summed E-state index contributed by atoms with van der Waals surface area (Å²) in [5, 5.41) is 6.73. The number of rotatable bonds is 7. The van der Waals surface area contributed by atoms with Crippen LogP contribution in [0.4, 0.5) is 5.69 Å². The van der Waals surface area contributed by atoms with Crippen molar-refractivity contribution >= 4 is 11.6 Å². The molecule has 1 heterocycles. The Bertz CT molecular complexity index is 621. The lowest BCUT2D eigenvalue weighted by Crippen LogP contribution is -2.32. The number of carbonyl (C=O) groups is 1. The van der Waals surface area contributed by atoms with Crippen LogP contribution in [-0.4, -0.2) is 43.8 Å². The van der Waals surface area contributed by atoms with Crippen molar-refractivity contribution in [1.29, 1.82) is 0 Å². The number of hydrogen-bond donors (Lipinski definition) is 1. The van der Waals surface area contributed by atoms with E-state index in [-0.39, 0.29) is 18.5 Å². The van der Waals surface area contributed by atoms with Gasteiger partial charge in [0.15, 0.2) is 0 Å². The fourth-order valence-electron chi connectivity index (χ4n) is 2.11. The average Bonchev–Trinajstić information content (AvgIpc) is 3.07. The van der Waals surface area contributed by atoms with Gasteiger partial charge in [0, 0.05) is 30.0 Å². The molecule has 0 unspecified atom stereocenters. The minimum Gasteiger partial charge on any atom is -0.497 e. The van der Waals surface area contributed by atoms with Crippen molar-refractivity contribution in [3.8, 4) is 11.5 Å². The molecule has 124 valence electrons. The van der Waals surface area contributed by atoms with E-state index in [2.05, 4.69) is 10.5 Å². The minimum atomic E-state index is -0.141. The SMILES string of the molecule is COc1cc(NC(=O)CN(C)[C@@H](C)c2ccon2)cc(OC)c1. The highest BCUT2D eigenvalue weighted by Gasteiger charge is 2.17. The molecule has 0 aliphatic carbocycles. The third-order valence-corrected chi connectivity index (χ3v) is 3.58. The summed E-state index contributed by atoms with van der Waals surface area (Å²) in [6, 6.07) is 6.97. The van der Waals surface area contributed by atoms with Gasteiger partial charge in [0.05, 0.1) is 26.8 Å². The summed E-state index contributed by atoms with van der Waals surface area (Å²) in [6.45, 7) is 2.17. The Morgan fingerprint density at radius 3 is 2.48 bits per heavy atom. The zero-order chi connectivity index (χ0) is 16.8. The fraction of sp³-hybridized carbons (Fsp3) is 0.375. The van der Waals surface area contributed by atoms with Crippen molar-refractivity contribution in [1.82, 2.24) is 10.1 Å². The highest BCUT2D eigenvalue weighted by molar-refractivity contribution is 5.92. The van der Waals surface area contributed by atoms with E-state index in [1.54, 1.807) is 38.5 Å². The first-order valence-electron chi connectivity index (χ1n) is 7.17. The predicted molar refractivity (Wildman–Crippen MR) is 85.7 cm³/mol. The topological polar surface area (TPSA) is 76.8 Å². The number of nitrogens with one attached hydrogen (secondary N) is 1. The van der Waals surface area contributed by atoms with Crippen LogP contribution in [0, 0.1) is 0 Å². The molecule has 23 heavy (non-hydrogen) atoms. The van der Waals surface area contributed by atoms with E-state index in [1.807, 2.05) is 18.9 Å². The van der Waals surface area contributed by atoms with E-state index in [0.717, 1.165) is 5.69 Å². The van der Waals surface area contributed by atoms with Crippen molar-refractivity contribution in [3.63, 3.8) is 0 Å². The lowest BCUT2D eigenvalue weighted by molar-refractivity contribution is -0.117. The Balaban J connectivity index is 1.99. The van der Waals surface area contributed by atoms with Crippen molar-refractivity contribution in [3.05, 3.63) is 36.2 Å². The van der Waals surface area contributed by atoms with E-state index in [9.17, 15) is 4.79 Å². The Hall–Kier alpha value is -2.54. The van der Waals surface area contributed by atoms with Crippen LogP contribution < -0.4 is 14.8 Å². The molecule has 7 nitrogen and oxygen atoms in total. The van der Waals surface area contributed by atoms with Crippen LogP contribution in [0.1, 0.15) is 18.7 Å². The van der Waals surface area contributed by atoms with Gasteiger partial charge in [-0.1, -0.05) is 5.16 Å². The number of nitrogens with zero attached hydrogens (tertiary/aromatic N) is 2. The Morgan fingerprint density at radius 2 is 1.96 bits per heavy atom. The van der Waals surface area contributed by atoms with E-state index in [0.29, 0.717) is 17.2 Å². The molecular weight excluding hydrogens is 298 g/mol. The molecule has 1 aromatic carbocycles. The Labute approximate surface area is 135 Å². The van der Waals surface area contributed by atoms with Crippen molar-refractivity contribution in [2.24, 2.45) is 0 Å². The maximum absolute atomic E-state index is 12.2. The number of carbonyl (C=O) groups excluding carboxylic acids is 1. The molecule has 0 saturated heterocycles. The van der Waals surface area contributed by atoms with Gasteiger partial charge in [-0.25, -0.2) is 0 Å². The molecule has 2 rings (SSSR count). The molecule has 0 saturated carbocycles. The van der Waals surface area contributed by atoms with Crippen LogP contribution in [0.25, 0.3) is 0 Å². The summed E-state index contributed by atoms with van der Waals surface area (Å²) in [6.07, 6.45) is 1.52. The van der Waals surface area contributed by atoms with E-state index < -0.39 is 0 Å². The second-order valence-corrected chi connectivity index (χ2v) is 5.16. The van der Waals surface area contributed by atoms with Gasteiger partial charge >= 0.3 is 0 Å². The van der Waals surface area contributed by atoms with Gasteiger partial charge in [-0.2, -0.15) is 0 Å². The molecule has 0 bridgehead atoms. The Kier molecular flexibility index (Phi) is 5.59. The maximum atomic E-state index is 12.2. The molecule has 0 aliphatic rings. The molecule has 1 amide bonds.